The van der Waals surface area contributed by atoms with Gasteiger partial charge < -0.3 is 20.9 Å². The maximum atomic E-state index is 13.5. The maximum absolute atomic E-state index is 13.5. The number of fused-ring (bicyclic) bond motifs is 1. The second-order valence-corrected chi connectivity index (χ2v) is 10.9. The summed E-state index contributed by atoms with van der Waals surface area (Å²) in [4.78, 5) is 64.3. The highest BCUT2D eigenvalue weighted by atomic mass is 19.4. The van der Waals surface area contributed by atoms with Gasteiger partial charge >= 0.3 is 12.1 Å². The zero-order valence-corrected chi connectivity index (χ0v) is 20.2. The van der Waals surface area contributed by atoms with Crippen molar-refractivity contribution >= 4 is 29.4 Å². The van der Waals surface area contributed by atoms with Crippen molar-refractivity contribution in [3.63, 3.8) is 0 Å². The molecule has 2 aliphatic heterocycles. The molecule has 0 spiro atoms. The molecule has 0 aromatic carbocycles. The van der Waals surface area contributed by atoms with Gasteiger partial charge in [-0.1, -0.05) is 20.4 Å². The van der Waals surface area contributed by atoms with Crippen LogP contribution in [0.25, 0.3) is 0 Å². The number of alkyl halides is 3. The van der Waals surface area contributed by atoms with E-state index in [2.05, 4.69) is 17.2 Å². The molecule has 0 radical (unpaired) electrons. The highest BCUT2D eigenvalue weighted by Gasteiger charge is 2.70. The quantitative estimate of drug-likeness (QED) is 0.392. The Balaban J connectivity index is 1.53. The summed E-state index contributed by atoms with van der Waals surface area (Å²) in [5.41, 5.74) is -0.271. The molecule has 4 rings (SSSR count). The first-order valence-electron chi connectivity index (χ1n) is 12.2. The largest absolute Gasteiger partial charge is 0.471 e. The fraction of sp³-hybridized carbons (Fsp3) is 0.708. The summed E-state index contributed by atoms with van der Waals surface area (Å²) in [5.74, 6) is -5.35. The molecule has 4 aliphatic rings. The van der Waals surface area contributed by atoms with Crippen LogP contribution in [0.3, 0.4) is 0 Å². The van der Waals surface area contributed by atoms with Crippen molar-refractivity contribution in [1.29, 1.82) is 0 Å². The lowest BCUT2D eigenvalue weighted by atomic mass is 9.94. The molecule has 198 valence electrons. The van der Waals surface area contributed by atoms with E-state index in [0.717, 1.165) is 6.08 Å². The van der Waals surface area contributed by atoms with E-state index in [-0.39, 0.29) is 36.1 Å². The van der Waals surface area contributed by atoms with E-state index >= 15 is 0 Å². The molecule has 2 saturated carbocycles. The molecule has 36 heavy (non-hydrogen) atoms. The second kappa shape index (κ2) is 9.19. The minimum atomic E-state index is -5.13. The van der Waals surface area contributed by atoms with Crippen LogP contribution >= 0.6 is 0 Å². The summed E-state index contributed by atoms with van der Waals surface area (Å²) in [7, 11) is 0. The fourth-order valence-corrected chi connectivity index (χ4v) is 5.83. The number of hydrogen-bond acceptors (Lipinski definition) is 5. The van der Waals surface area contributed by atoms with Gasteiger partial charge in [0, 0.05) is 19.0 Å². The molecule has 4 fully saturated rings. The first-order valence-corrected chi connectivity index (χ1v) is 12.2. The lowest BCUT2D eigenvalue weighted by Crippen LogP contribution is -2.59. The molecule has 3 N–H and O–H groups in total. The van der Waals surface area contributed by atoms with Crippen LogP contribution in [0, 0.1) is 29.1 Å². The van der Waals surface area contributed by atoms with Crippen LogP contribution in [-0.4, -0.2) is 71.7 Å². The number of carbonyl (C=O) groups excluding carboxylic acids is 5. The summed E-state index contributed by atoms with van der Waals surface area (Å²) >= 11 is 0. The van der Waals surface area contributed by atoms with Crippen LogP contribution in [0.2, 0.25) is 0 Å². The minimum absolute atomic E-state index is 0.0375. The molecule has 12 heteroatoms. The number of carbonyl (C=O) groups is 5. The van der Waals surface area contributed by atoms with Gasteiger partial charge in [0.15, 0.2) is 5.78 Å². The zero-order chi connectivity index (χ0) is 26.6. The highest BCUT2D eigenvalue weighted by Crippen LogP contribution is 2.65. The number of hydrogen-bond donors (Lipinski definition) is 3. The Hall–Kier alpha value is -2.92. The van der Waals surface area contributed by atoms with Crippen LogP contribution in [0.5, 0.6) is 0 Å². The predicted octanol–water partition coefficient (Wildman–Crippen LogP) is 0.693. The van der Waals surface area contributed by atoms with Crippen LogP contribution in [0.15, 0.2) is 12.7 Å². The summed E-state index contributed by atoms with van der Waals surface area (Å²) in [5, 5.41) is 7.20. The van der Waals surface area contributed by atoms with E-state index in [1.54, 1.807) is 0 Å². The van der Waals surface area contributed by atoms with Gasteiger partial charge in [-0.25, -0.2) is 0 Å². The number of piperidine rings is 1. The standard InChI is InChI=1S/C24H31F3N4O5/c1-4-15(32)14(9-12-7-8-28-19(12)33)29-20(34)18-16-13(23(16,2)3)10-31(18)21(35)17(11-5-6-11)30-22(36)24(25,26)27/h4,11-14,16-18H,1,5-10H2,2-3H3,(H,28,33)(H,29,34)(H,30,36)/t12-,13-,14-,16-,17-,18-/m0/s1. The van der Waals surface area contributed by atoms with Crippen molar-refractivity contribution in [2.24, 2.45) is 29.1 Å². The second-order valence-electron chi connectivity index (χ2n) is 10.9. The summed E-state index contributed by atoms with van der Waals surface area (Å²) in [6, 6.07) is -3.40. The van der Waals surface area contributed by atoms with Gasteiger partial charge in [0.2, 0.25) is 17.7 Å². The summed E-state index contributed by atoms with van der Waals surface area (Å²) in [6.45, 7) is 8.01. The molecule has 0 bridgehead atoms. The average molecular weight is 513 g/mol. The van der Waals surface area contributed by atoms with Crippen molar-refractivity contribution in [2.45, 2.75) is 63.8 Å². The van der Waals surface area contributed by atoms with Crippen molar-refractivity contribution in [3.05, 3.63) is 12.7 Å². The van der Waals surface area contributed by atoms with Gasteiger partial charge in [-0.2, -0.15) is 13.2 Å². The summed E-state index contributed by atoms with van der Waals surface area (Å²) < 4.78 is 38.7. The van der Waals surface area contributed by atoms with Crippen LogP contribution in [-0.2, 0) is 24.0 Å². The van der Waals surface area contributed by atoms with E-state index in [0.29, 0.717) is 25.8 Å². The van der Waals surface area contributed by atoms with E-state index in [1.165, 1.54) is 4.90 Å². The monoisotopic (exact) mass is 512 g/mol. The third-order valence-electron chi connectivity index (χ3n) is 8.21. The normalized spacial score (nSPS) is 30.0. The number of likely N-dealkylation sites (tertiary alicyclic amines) is 1. The van der Waals surface area contributed by atoms with Crippen LogP contribution in [0.1, 0.15) is 39.5 Å². The molecule has 2 heterocycles. The van der Waals surface area contributed by atoms with Gasteiger partial charge in [-0.05, 0) is 54.9 Å². The van der Waals surface area contributed by atoms with E-state index in [1.807, 2.05) is 19.2 Å². The Bertz CT molecular complexity index is 993. The fourth-order valence-electron chi connectivity index (χ4n) is 5.83. The molecule has 2 aliphatic carbocycles. The molecule has 0 aromatic heterocycles. The number of nitrogens with one attached hydrogen (secondary N) is 3. The van der Waals surface area contributed by atoms with Gasteiger partial charge in [0.25, 0.3) is 0 Å². The maximum Gasteiger partial charge on any atom is 0.471 e. The van der Waals surface area contributed by atoms with Crippen molar-refractivity contribution in [2.75, 3.05) is 13.1 Å². The van der Waals surface area contributed by atoms with Crippen LogP contribution < -0.4 is 16.0 Å². The Labute approximate surface area is 206 Å². The van der Waals surface area contributed by atoms with Gasteiger partial charge in [0.1, 0.15) is 12.1 Å². The number of rotatable bonds is 9. The third kappa shape index (κ3) is 4.86. The zero-order valence-electron chi connectivity index (χ0n) is 20.2. The Morgan fingerprint density at radius 2 is 1.86 bits per heavy atom. The van der Waals surface area contributed by atoms with Gasteiger partial charge in [0.05, 0.1) is 6.04 Å². The molecule has 4 amide bonds. The van der Waals surface area contributed by atoms with Gasteiger partial charge in [-0.15, -0.1) is 0 Å². The number of nitrogens with zero attached hydrogens (tertiary/aromatic N) is 1. The van der Waals surface area contributed by atoms with Crippen molar-refractivity contribution in [1.82, 2.24) is 20.9 Å². The van der Waals surface area contributed by atoms with Gasteiger partial charge in [-0.3, -0.25) is 24.0 Å². The number of ketones is 1. The number of amides is 4. The van der Waals surface area contributed by atoms with Crippen LogP contribution in [0.4, 0.5) is 13.2 Å². The predicted molar refractivity (Wildman–Crippen MR) is 120 cm³/mol. The summed E-state index contributed by atoms with van der Waals surface area (Å²) in [6.07, 6.45) is -2.48. The average Bonchev–Trinajstić information content (AvgIpc) is 3.60. The third-order valence-corrected chi connectivity index (χ3v) is 8.21. The SMILES string of the molecule is C=CC(=O)[C@H](C[C@@H]1CCNC1=O)NC(=O)[C@@H]1[C@@H]2[C@H](CN1C(=O)[C@@H](NC(=O)C(F)(F)F)C1CC1)C2(C)C. The number of halogens is 3. The highest BCUT2D eigenvalue weighted by molar-refractivity contribution is 5.99. The first-order chi connectivity index (χ1) is 16.8. The Morgan fingerprint density at radius 3 is 2.39 bits per heavy atom. The molecule has 6 atom stereocenters. The van der Waals surface area contributed by atoms with E-state index in [9.17, 15) is 37.1 Å². The Morgan fingerprint density at radius 1 is 1.19 bits per heavy atom. The minimum Gasteiger partial charge on any atom is -0.356 e. The van der Waals surface area contributed by atoms with Crippen molar-refractivity contribution in [3.8, 4) is 0 Å². The lowest BCUT2D eigenvalue weighted by molar-refractivity contribution is -0.175. The molecule has 2 saturated heterocycles. The Kier molecular flexibility index (Phi) is 6.67. The molecule has 9 nitrogen and oxygen atoms in total. The lowest BCUT2D eigenvalue weighted by Gasteiger charge is -2.34. The smallest absolute Gasteiger partial charge is 0.356 e. The first kappa shape index (κ1) is 26.2. The van der Waals surface area contributed by atoms with E-state index in [4.69, 9.17) is 0 Å². The molecular weight excluding hydrogens is 481 g/mol. The molecule has 0 aromatic rings. The molecule has 0 unspecified atom stereocenters. The van der Waals surface area contributed by atoms with Crippen molar-refractivity contribution < 1.29 is 37.1 Å². The van der Waals surface area contributed by atoms with E-state index < -0.39 is 59.6 Å². The topological polar surface area (TPSA) is 125 Å². The molecular formula is C24H31F3N4O5.